The summed E-state index contributed by atoms with van der Waals surface area (Å²) in [5, 5.41) is 0. The molecule has 0 saturated carbocycles. The molecule has 1 aliphatic heterocycles. The molecule has 1 fully saturated rings. The minimum Gasteiger partial charge on any atom is -0.450 e. The van der Waals surface area contributed by atoms with Crippen molar-refractivity contribution < 1.29 is 9.53 Å². The van der Waals surface area contributed by atoms with E-state index in [9.17, 15) is 4.79 Å². The van der Waals surface area contributed by atoms with Gasteiger partial charge in [-0.15, -0.1) is 0 Å². The minimum atomic E-state index is -0.176. The Kier molecular flexibility index (Phi) is 4.59. The van der Waals surface area contributed by atoms with Crippen LogP contribution in [-0.2, 0) is 4.74 Å². The summed E-state index contributed by atoms with van der Waals surface area (Å²) in [6, 6.07) is 1.32. The van der Waals surface area contributed by atoms with Gasteiger partial charge in [0.05, 0.1) is 6.61 Å². The monoisotopic (exact) mass is 228 g/mol. The molecule has 1 heterocycles. The molecule has 0 bridgehead atoms. The topological polar surface area (TPSA) is 32.8 Å². The quantitative estimate of drug-likeness (QED) is 0.724. The second-order valence-corrected chi connectivity index (χ2v) is 4.84. The molecule has 16 heavy (non-hydrogen) atoms. The zero-order valence-corrected chi connectivity index (χ0v) is 11.1. The van der Waals surface area contributed by atoms with E-state index in [4.69, 9.17) is 4.74 Å². The molecule has 1 aliphatic rings. The number of carbonyl (C=O) groups is 1. The normalized spacial score (nSPS) is 27.2. The van der Waals surface area contributed by atoms with Crippen LogP contribution in [0, 0.1) is 0 Å². The Morgan fingerprint density at radius 1 is 1.31 bits per heavy atom. The molecular weight excluding hydrogens is 204 g/mol. The zero-order chi connectivity index (χ0) is 12.3. The van der Waals surface area contributed by atoms with Gasteiger partial charge in [-0.1, -0.05) is 0 Å². The Morgan fingerprint density at radius 3 is 2.19 bits per heavy atom. The van der Waals surface area contributed by atoms with E-state index in [-0.39, 0.29) is 6.09 Å². The molecular formula is C12H24N2O2. The van der Waals surface area contributed by atoms with Crippen LogP contribution < -0.4 is 0 Å². The van der Waals surface area contributed by atoms with Crippen LogP contribution in [-0.4, -0.2) is 53.7 Å². The highest BCUT2D eigenvalue weighted by Gasteiger charge is 2.33. The number of nitrogens with zero attached hydrogens (tertiary/aromatic N) is 2. The number of piperazine rings is 1. The number of amides is 1. The fraction of sp³-hybridized carbons (Fsp3) is 0.917. The van der Waals surface area contributed by atoms with Gasteiger partial charge in [-0.05, 0) is 34.6 Å². The summed E-state index contributed by atoms with van der Waals surface area (Å²) in [5.41, 5.74) is 0. The third-order valence-corrected chi connectivity index (χ3v) is 3.11. The second kappa shape index (κ2) is 5.53. The first kappa shape index (κ1) is 13.3. The van der Waals surface area contributed by atoms with Crippen LogP contribution in [0.15, 0.2) is 0 Å². The highest BCUT2D eigenvalue weighted by molar-refractivity contribution is 5.67. The number of ether oxygens (including phenoxy) is 1. The van der Waals surface area contributed by atoms with E-state index in [1.807, 2.05) is 11.8 Å². The second-order valence-electron chi connectivity index (χ2n) is 4.84. The lowest BCUT2D eigenvalue weighted by molar-refractivity contribution is 0.0121. The lowest BCUT2D eigenvalue weighted by Crippen LogP contribution is -2.60. The summed E-state index contributed by atoms with van der Waals surface area (Å²) in [6.07, 6.45) is -0.176. The van der Waals surface area contributed by atoms with E-state index in [2.05, 4.69) is 32.6 Å². The molecule has 2 atom stereocenters. The Hall–Kier alpha value is -0.770. The van der Waals surface area contributed by atoms with Crippen LogP contribution in [0.1, 0.15) is 34.6 Å². The van der Waals surface area contributed by atoms with Crippen molar-refractivity contribution in [3.05, 3.63) is 0 Å². The lowest BCUT2D eigenvalue weighted by Gasteiger charge is -2.46. The third-order valence-electron chi connectivity index (χ3n) is 3.11. The Morgan fingerprint density at radius 2 is 1.81 bits per heavy atom. The Balaban J connectivity index is 2.62. The number of rotatable bonds is 2. The SMILES string of the molecule is CCOC(=O)N1C[C@@H](C)N(C(C)C)[C@@H](C)C1. The Labute approximate surface area is 98.5 Å². The molecule has 0 spiro atoms. The van der Waals surface area contributed by atoms with Crippen LogP contribution in [0.5, 0.6) is 0 Å². The van der Waals surface area contributed by atoms with E-state index in [0.717, 1.165) is 13.1 Å². The summed E-state index contributed by atoms with van der Waals surface area (Å²) in [6.45, 7) is 12.6. The highest BCUT2D eigenvalue weighted by atomic mass is 16.6. The first-order valence-electron chi connectivity index (χ1n) is 6.16. The van der Waals surface area contributed by atoms with Crippen molar-refractivity contribution in [2.24, 2.45) is 0 Å². The molecule has 1 rings (SSSR count). The molecule has 0 radical (unpaired) electrons. The van der Waals surface area contributed by atoms with E-state index < -0.39 is 0 Å². The minimum absolute atomic E-state index is 0.176. The van der Waals surface area contributed by atoms with Crippen molar-refractivity contribution in [3.8, 4) is 0 Å². The summed E-state index contributed by atoms with van der Waals surface area (Å²) in [4.78, 5) is 15.9. The van der Waals surface area contributed by atoms with Crippen LogP contribution >= 0.6 is 0 Å². The smallest absolute Gasteiger partial charge is 0.409 e. The van der Waals surface area contributed by atoms with Crippen molar-refractivity contribution in [1.82, 2.24) is 9.80 Å². The van der Waals surface area contributed by atoms with E-state index in [0.29, 0.717) is 24.7 Å². The van der Waals surface area contributed by atoms with Gasteiger partial charge >= 0.3 is 6.09 Å². The van der Waals surface area contributed by atoms with Gasteiger partial charge in [0.15, 0.2) is 0 Å². The molecule has 0 N–H and O–H groups in total. The number of carbonyl (C=O) groups excluding carboxylic acids is 1. The molecule has 4 heteroatoms. The molecule has 0 unspecified atom stereocenters. The van der Waals surface area contributed by atoms with Crippen molar-refractivity contribution in [2.45, 2.75) is 52.7 Å². The van der Waals surface area contributed by atoms with Gasteiger partial charge < -0.3 is 9.64 Å². The van der Waals surface area contributed by atoms with Gasteiger partial charge in [-0.25, -0.2) is 4.79 Å². The van der Waals surface area contributed by atoms with Gasteiger partial charge in [-0.3, -0.25) is 4.90 Å². The van der Waals surface area contributed by atoms with Gasteiger partial charge in [0.2, 0.25) is 0 Å². The maximum absolute atomic E-state index is 11.7. The molecule has 0 aromatic rings. The van der Waals surface area contributed by atoms with Gasteiger partial charge in [0.1, 0.15) is 0 Å². The van der Waals surface area contributed by atoms with E-state index >= 15 is 0 Å². The molecule has 1 amide bonds. The molecule has 0 aromatic carbocycles. The molecule has 1 saturated heterocycles. The van der Waals surface area contributed by atoms with Crippen molar-refractivity contribution in [1.29, 1.82) is 0 Å². The van der Waals surface area contributed by atoms with Gasteiger partial charge in [-0.2, -0.15) is 0 Å². The van der Waals surface area contributed by atoms with Crippen molar-refractivity contribution >= 4 is 6.09 Å². The zero-order valence-electron chi connectivity index (χ0n) is 11.1. The standard InChI is InChI=1S/C12H24N2O2/c1-6-16-12(15)13-7-10(4)14(9(2)3)11(5)8-13/h9-11H,6-8H2,1-5H3/t10-,11+. The predicted molar refractivity (Wildman–Crippen MR) is 64.5 cm³/mol. The number of hydrogen-bond acceptors (Lipinski definition) is 3. The maximum atomic E-state index is 11.7. The maximum Gasteiger partial charge on any atom is 0.409 e. The van der Waals surface area contributed by atoms with E-state index in [1.165, 1.54) is 0 Å². The van der Waals surface area contributed by atoms with Crippen molar-refractivity contribution in [3.63, 3.8) is 0 Å². The van der Waals surface area contributed by atoms with Crippen LogP contribution in [0.25, 0.3) is 0 Å². The fourth-order valence-electron chi connectivity index (χ4n) is 2.72. The van der Waals surface area contributed by atoms with Crippen LogP contribution in [0.2, 0.25) is 0 Å². The number of hydrogen-bond donors (Lipinski definition) is 0. The first-order chi connectivity index (χ1) is 7.47. The summed E-state index contributed by atoms with van der Waals surface area (Å²) >= 11 is 0. The lowest BCUT2D eigenvalue weighted by atomic mass is 10.1. The first-order valence-corrected chi connectivity index (χ1v) is 6.16. The molecule has 0 aliphatic carbocycles. The average Bonchev–Trinajstić information content (AvgIpc) is 2.16. The van der Waals surface area contributed by atoms with Gasteiger partial charge in [0, 0.05) is 31.2 Å². The summed E-state index contributed by atoms with van der Waals surface area (Å²) in [7, 11) is 0. The fourth-order valence-corrected chi connectivity index (χ4v) is 2.72. The van der Waals surface area contributed by atoms with Crippen molar-refractivity contribution in [2.75, 3.05) is 19.7 Å². The summed E-state index contributed by atoms with van der Waals surface area (Å²) < 4.78 is 5.04. The summed E-state index contributed by atoms with van der Waals surface area (Å²) in [5.74, 6) is 0. The molecule has 94 valence electrons. The largest absolute Gasteiger partial charge is 0.450 e. The molecule has 0 aromatic heterocycles. The third kappa shape index (κ3) is 2.88. The van der Waals surface area contributed by atoms with Gasteiger partial charge in [0.25, 0.3) is 0 Å². The predicted octanol–water partition coefficient (Wildman–Crippen LogP) is 1.95. The van der Waals surface area contributed by atoms with E-state index in [1.54, 1.807) is 0 Å². The Bertz CT molecular complexity index is 231. The van der Waals surface area contributed by atoms with Crippen LogP contribution in [0.4, 0.5) is 4.79 Å². The average molecular weight is 228 g/mol. The van der Waals surface area contributed by atoms with Crippen LogP contribution in [0.3, 0.4) is 0 Å². The molecule has 4 nitrogen and oxygen atoms in total. The highest BCUT2D eigenvalue weighted by Crippen LogP contribution is 2.19.